The molecule has 0 fully saturated rings. The first-order chi connectivity index (χ1) is 5.56. The van der Waals surface area contributed by atoms with Crippen LogP contribution in [0.3, 0.4) is 0 Å². The molecule has 0 aromatic rings. The number of rotatable bonds is 5. The second-order valence-electron chi connectivity index (χ2n) is 3.82. The van der Waals surface area contributed by atoms with Gasteiger partial charge in [-0.15, -0.1) is 0 Å². The summed E-state index contributed by atoms with van der Waals surface area (Å²) in [4.78, 5) is 0. The van der Waals surface area contributed by atoms with Crippen molar-refractivity contribution in [1.82, 2.24) is 0 Å². The van der Waals surface area contributed by atoms with Crippen LogP contribution in [0.2, 0.25) is 0 Å². The molecule has 0 aliphatic rings. The maximum atomic E-state index is 5.36. The lowest BCUT2D eigenvalue weighted by Crippen LogP contribution is -1.98. The van der Waals surface area contributed by atoms with Crippen molar-refractivity contribution in [2.45, 2.75) is 41.0 Å². The largest absolute Gasteiger partial charge is 0.499 e. The monoisotopic (exact) mass is 170 g/mol. The van der Waals surface area contributed by atoms with Crippen LogP contribution >= 0.6 is 0 Å². The van der Waals surface area contributed by atoms with Crippen molar-refractivity contribution in [3.05, 3.63) is 11.8 Å². The van der Waals surface area contributed by atoms with Gasteiger partial charge in [0.1, 0.15) is 0 Å². The van der Waals surface area contributed by atoms with Gasteiger partial charge in [-0.1, -0.05) is 20.8 Å². The Morgan fingerprint density at radius 3 is 2.33 bits per heavy atom. The van der Waals surface area contributed by atoms with Crippen LogP contribution in [0, 0.1) is 11.8 Å². The molecule has 0 heterocycles. The minimum atomic E-state index is 0.636. The van der Waals surface area contributed by atoms with Gasteiger partial charge in [-0.25, -0.2) is 0 Å². The molecule has 72 valence electrons. The minimum Gasteiger partial charge on any atom is -0.499 e. The molecule has 0 bridgehead atoms. The van der Waals surface area contributed by atoms with E-state index in [1.807, 2.05) is 13.8 Å². The molecule has 0 aromatic carbocycles. The zero-order chi connectivity index (χ0) is 9.56. The molecule has 0 aliphatic heterocycles. The van der Waals surface area contributed by atoms with Crippen LogP contribution < -0.4 is 0 Å². The van der Waals surface area contributed by atoms with E-state index in [1.165, 1.54) is 6.42 Å². The molecule has 1 heteroatoms. The van der Waals surface area contributed by atoms with E-state index in [0.717, 1.165) is 18.3 Å². The van der Waals surface area contributed by atoms with Crippen LogP contribution in [-0.2, 0) is 4.74 Å². The molecular formula is C11H22O. The van der Waals surface area contributed by atoms with E-state index in [1.54, 1.807) is 0 Å². The van der Waals surface area contributed by atoms with Crippen molar-refractivity contribution in [1.29, 1.82) is 0 Å². The SMILES string of the molecule is CCO/C(C)=C\C(C)CC(C)C. The smallest absolute Gasteiger partial charge is 0.0891 e. The van der Waals surface area contributed by atoms with Crippen LogP contribution in [0.25, 0.3) is 0 Å². The third-order valence-corrected chi connectivity index (χ3v) is 1.73. The average Bonchev–Trinajstić information content (AvgIpc) is 1.84. The second kappa shape index (κ2) is 6.10. The van der Waals surface area contributed by atoms with Crippen LogP contribution in [0.4, 0.5) is 0 Å². The molecule has 0 aromatic heterocycles. The zero-order valence-electron chi connectivity index (χ0n) is 9.05. The van der Waals surface area contributed by atoms with Crippen molar-refractivity contribution in [3.63, 3.8) is 0 Å². The number of hydrogen-bond donors (Lipinski definition) is 0. The van der Waals surface area contributed by atoms with E-state index in [2.05, 4.69) is 26.8 Å². The zero-order valence-corrected chi connectivity index (χ0v) is 9.05. The van der Waals surface area contributed by atoms with Crippen molar-refractivity contribution >= 4 is 0 Å². The summed E-state index contributed by atoms with van der Waals surface area (Å²) in [6, 6.07) is 0. The molecule has 1 atom stereocenters. The molecule has 1 unspecified atom stereocenters. The summed E-state index contributed by atoms with van der Waals surface area (Å²) in [5, 5.41) is 0. The molecule has 0 amide bonds. The summed E-state index contributed by atoms with van der Waals surface area (Å²) >= 11 is 0. The van der Waals surface area contributed by atoms with Gasteiger partial charge in [0.25, 0.3) is 0 Å². The number of ether oxygens (including phenoxy) is 1. The van der Waals surface area contributed by atoms with Gasteiger partial charge in [-0.2, -0.15) is 0 Å². The molecule has 12 heavy (non-hydrogen) atoms. The predicted octanol–water partition coefficient (Wildman–Crippen LogP) is 3.61. The van der Waals surface area contributed by atoms with Crippen molar-refractivity contribution in [2.75, 3.05) is 6.61 Å². The predicted molar refractivity (Wildman–Crippen MR) is 54.0 cm³/mol. The Morgan fingerprint density at radius 1 is 1.33 bits per heavy atom. The van der Waals surface area contributed by atoms with E-state index >= 15 is 0 Å². The van der Waals surface area contributed by atoms with Gasteiger partial charge in [0.05, 0.1) is 12.4 Å². The highest BCUT2D eigenvalue weighted by Crippen LogP contribution is 2.14. The van der Waals surface area contributed by atoms with Gasteiger partial charge in [0, 0.05) is 0 Å². The Labute approximate surface area is 76.8 Å². The van der Waals surface area contributed by atoms with Crippen LogP contribution in [-0.4, -0.2) is 6.61 Å². The standard InChI is InChI=1S/C11H22O/c1-6-12-11(5)8-10(4)7-9(2)3/h8-10H,6-7H2,1-5H3/b11-8-. The first-order valence-electron chi connectivity index (χ1n) is 4.87. The minimum absolute atomic E-state index is 0.636. The van der Waals surface area contributed by atoms with Crippen molar-refractivity contribution in [2.24, 2.45) is 11.8 Å². The molecule has 0 radical (unpaired) electrons. The Balaban J connectivity index is 3.78. The fraction of sp³-hybridized carbons (Fsp3) is 0.818. The van der Waals surface area contributed by atoms with Crippen molar-refractivity contribution in [3.8, 4) is 0 Å². The molecule has 0 N–H and O–H groups in total. The van der Waals surface area contributed by atoms with E-state index in [-0.39, 0.29) is 0 Å². The van der Waals surface area contributed by atoms with Gasteiger partial charge in [0.15, 0.2) is 0 Å². The van der Waals surface area contributed by atoms with E-state index in [0.29, 0.717) is 5.92 Å². The molecule has 0 saturated carbocycles. The lowest BCUT2D eigenvalue weighted by Gasteiger charge is -2.11. The van der Waals surface area contributed by atoms with Crippen LogP contribution in [0.15, 0.2) is 11.8 Å². The summed E-state index contributed by atoms with van der Waals surface area (Å²) in [7, 11) is 0. The number of hydrogen-bond acceptors (Lipinski definition) is 1. The Morgan fingerprint density at radius 2 is 1.92 bits per heavy atom. The Hall–Kier alpha value is -0.460. The average molecular weight is 170 g/mol. The highest BCUT2D eigenvalue weighted by atomic mass is 16.5. The second-order valence-corrected chi connectivity index (χ2v) is 3.82. The first-order valence-corrected chi connectivity index (χ1v) is 4.87. The maximum Gasteiger partial charge on any atom is 0.0891 e. The molecular weight excluding hydrogens is 148 g/mol. The van der Waals surface area contributed by atoms with Crippen LogP contribution in [0.1, 0.15) is 41.0 Å². The molecule has 1 nitrogen and oxygen atoms in total. The van der Waals surface area contributed by atoms with E-state index in [9.17, 15) is 0 Å². The molecule has 0 rings (SSSR count). The third-order valence-electron chi connectivity index (χ3n) is 1.73. The fourth-order valence-electron chi connectivity index (χ4n) is 1.49. The molecule has 0 spiro atoms. The van der Waals surface area contributed by atoms with E-state index in [4.69, 9.17) is 4.74 Å². The third kappa shape index (κ3) is 6.26. The fourth-order valence-corrected chi connectivity index (χ4v) is 1.49. The molecule has 0 saturated heterocycles. The molecule has 0 aliphatic carbocycles. The van der Waals surface area contributed by atoms with Gasteiger partial charge >= 0.3 is 0 Å². The first kappa shape index (κ1) is 11.5. The summed E-state index contributed by atoms with van der Waals surface area (Å²) in [6.07, 6.45) is 3.45. The van der Waals surface area contributed by atoms with Gasteiger partial charge < -0.3 is 4.74 Å². The van der Waals surface area contributed by atoms with Crippen molar-refractivity contribution < 1.29 is 4.74 Å². The maximum absolute atomic E-state index is 5.36. The normalized spacial score (nSPS) is 15.0. The Kier molecular flexibility index (Phi) is 5.87. The highest BCUT2D eigenvalue weighted by molar-refractivity contribution is 4.92. The quantitative estimate of drug-likeness (QED) is 0.573. The summed E-state index contributed by atoms with van der Waals surface area (Å²) in [5.74, 6) is 2.47. The van der Waals surface area contributed by atoms with Gasteiger partial charge in [-0.3, -0.25) is 0 Å². The Bertz CT molecular complexity index is 136. The lowest BCUT2D eigenvalue weighted by molar-refractivity contribution is 0.227. The highest BCUT2D eigenvalue weighted by Gasteiger charge is 2.02. The summed E-state index contributed by atoms with van der Waals surface area (Å²) in [5.41, 5.74) is 0. The summed E-state index contributed by atoms with van der Waals surface area (Å²) in [6.45, 7) is 11.6. The van der Waals surface area contributed by atoms with Gasteiger partial charge in [-0.05, 0) is 38.2 Å². The van der Waals surface area contributed by atoms with E-state index < -0.39 is 0 Å². The topological polar surface area (TPSA) is 9.23 Å². The van der Waals surface area contributed by atoms with Gasteiger partial charge in [0.2, 0.25) is 0 Å². The summed E-state index contributed by atoms with van der Waals surface area (Å²) < 4.78 is 5.36. The number of allylic oxidation sites excluding steroid dienone is 2. The van der Waals surface area contributed by atoms with Crippen LogP contribution in [0.5, 0.6) is 0 Å². The lowest BCUT2D eigenvalue weighted by atomic mass is 9.98.